The first-order valence-corrected chi connectivity index (χ1v) is 11.8. The predicted octanol–water partition coefficient (Wildman–Crippen LogP) is 4.06. The Balaban J connectivity index is 1.49. The van der Waals surface area contributed by atoms with Crippen LogP contribution in [0, 0.1) is 6.92 Å². The van der Waals surface area contributed by atoms with Crippen LogP contribution >= 0.6 is 0 Å². The highest BCUT2D eigenvalue weighted by molar-refractivity contribution is 6.45. The van der Waals surface area contributed by atoms with Gasteiger partial charge in [-0.2, -0.15) is 0 Å². The number of hydrogen-bond donors (Lipinski definition) is 0. The van der Waals surface area contributed by atoms with Crippen LogP contribution in [0.15, 0.2) is 78.6 Å². The van der Waals surface area contributed by atoms with Crippen LogP contribution in [0.5, 0.6) is 0 Å². The number of amides is 2. The van der Waals surface area contributed by atoms with Crippen LogP contribution < -0.4 is 9.80 Å². The lowest BCUT2D eigenvalue weighted by atomic mass is 10.0. The third-order valence-electron chi connectivity index (χ3n) is 6.57. The summed E-state index contributed by atoms with van der Waals surface area (Å²) in [6.45, 7) is 6.84. The molecule has 2 amide bonds. The molecule has 0 bridgehead atoms. The van der Waals surface area contributed by atoms with Gasteiger partial charge in [0.15, 0.2) is 0 Å². The Bertz CT molecular complexity index is 1230. The zero-order valence-corrected chi connectivity index (χ0v) is 19.6. The number of carbonyl (C=O) groups is 2. The van der Waals surface area contributed by atoms with E-state index in [4.69, 9.17) is 0 Å². The second kappa shape index (κ2) is 9.14. The Kier molecular flexibility index (Phi) is 5.88. The van der Waals surface area contributed by atoms with Crippen LogP contribution in [-0.4, -0.2) is 47.9 Å². The number of aromatic nitrogens is 1. The summed E-state index contributed by atoms with van der Waals surface area (Å²) in [6.07, 6.45) is 2.70. The minimum Gasteiger partial charge on any atom is -0.363 e. The SMILES string of the molecule is CCc1ccc(N2C(=O)C(c3ccc(C)cc3)=C(N3CCN(c4ccccn4)CC3)C2=O)cc1. The highest BCUT2D eigenvalue weighted by atomic mass is 16.2. The van der Waals surface area contributed by atoms with E-state index >= 15 is 0 Å². The van der Waals surface area contributed by atoms with Crippen molar-refractivity contribution in [3.05, 3.63) is 95.3 Å². The fourth-order valence-corrected chi connectivity index (χ4v) is 4.61. The van der Waals surface area contributed by atoms with Crippen LogP contribution in [0.25, 0.3) is 5.57 Å². The molecule has 0 saturated carbocycles. The maximum Gasteiger partial charge on any atom is 0.282 e. The molecule has 2 aliphatic heterocycles. The molecule has 0 atom stereocenters. The third-order valence-corrected chi connectivity index (χ3v) is 6.57. The lowest BCUT2D eigenvalue weighted by Gasteiger charge is -2.37. The van der Waals surface area contributed by atoms with Crippen molar-refractivity contribution >= 4 is 28.9 Å². The molecule has 2 aromatic carbocycles. The molecule has 3 aromatic rings. The highest BCUT2D eigenvalue weighted by Crippen LogP contribution is 2.35. The number of rotatable bonds is 5. The molecule has 172 valence electrons. The molecular formula is C28H28N4O2. The Hall–Kier alpha value is -3.93. The molecule has 1 aromatic heterocycles. The van der Waals surface area contributed by atoms with Gasteiger partial charge in [-0.15, -0.1) is 0 Å². The molecule has 0 radical (unpaired) electrons. The first kappa shape index (κ1) is 21.9. The maximum absolute atomic E-state index is 13.8. The molecular weight excluding hydrogens is 424 g/mol. The van der Waals surface area contributed by atoms with E-state index in [1.807, 2.05) is 73.7 Å². The summed E-state index contributed by atoms with van der Waals surface area (Å²) in [5.41, 5.74) is 4.64. The predicted molar refractivity (Wildman–Crippen MR) is 134 cm³/mol. The minimum absolute atomic E-state index is 0.254. The van der Waals surface area contributed by atoms with Crippen LogP contribution in [0.2, 0.25) is 0 Å². The average Bonchev–Trinajstić information content (AvgIpc) is 3.15. The average molecular weight is 453 g/mol. The van der Waals surface area contributed by atoms with Gasteiger partial charge >= 0.3 is 0 Å². The monoisotopic (exact) mass is 452 g/mol. The smallest absolute Gasteiger partial charge is 0.282 e. The van der Waals surface area contributed by atoms with Gasteiger partial charge in [-0.3, -0.25) is 9.59 Å². The molecule has 0 unspecified atom stereocenters. The molecule has 34 heavy (non-hydrogen) atoms. The maximum atomic E-state index is 13.8. The van der Waals surface area contributed by atoms with Crippen LogP contribution in [-0.2, 0) is 16.0 Å². The van der Waals surface area contributed by atoms with Gasteiger partial charge in [0.05, 0.1) is 11.3 Å². The molecule has 2 aliphatic rings. The van der Waals surface area contributed by atoms with E-state index in [1.165, 1.54) is 10.5 Å². The number of aryl methyl sites for hydroxylation is 2. The fourth-order valence-electron chi connectivity index (χ4n) is 4.61. The number of carbonyl (C=O) groups excluding carboxylic acids is 2. The van der Waals surface area contributed by atoms with Gasteiger partial charge in [0.1, 0.15) is 11.5 Å². The van der Waals surface area contributed by atoms with E-state index in [-0.39, 0.29) is 11.8 Å². The van der Waals surface area contributed by atoms with Gasteiger partial charge in [-0.05, 0) is 48.7 Å². The van der Waals surface area contributed by atoms with Crippen LogP contribution in [0.4, 0.5) is 11.5 Å². The van der Waals surface area contributed by atoms with E-state index in [2.05, 4.69) is 21.7 Å². The Morgan fingerprint density at radius 1 is 0.794 bits per heavy atom. The van der Waals surface area contributed by atoms with Crippen molar-refractivity contribution in [2.45, 2.75) is 20.3 Å². The Labute approximate surface area is 200 Å². The number of hydrogen-bond acceptors (Lipinski definition) is 5. The van der Waals surface area contributed by atoms with Gasteiger partial charge in [-0.25, -0.2) is 9.88 Å². The van der Waals surface area contributed by atoms with Crippen molar-refractivity contribution in [2.24, 2.45) is 0 Å². The van der Waals surface area contributed by atoms with Crippen LogP contribution in [0.3, 0.4) is 0 Å². The summed E-state index contributed by atoms with van der Waals surface area (Å²) in [5, 5.41) is 0. The molecule has 6 nitrogen and oxygen atoms in total. The normalized spacial score (nSPS) is 16.6. The van der Waals surface area contributed by atoms with Crippen molar-refractivity contribution < 1.29 is 9.59 Å². The molecule has 0 spiro atoms. The zero-order chi connectivity index (χ0) is 23.7. The lowest BCUT2D eigenvalue weighted by molar-refractivity contribution is -0.120. The molecule has 0 aliphatic carbocycles. The van der Waals surface area contributed by atoms with Crippen molar-refractivity contribution in [1.82, 2.24) is 9.88 Å². The zero-order valence-electron chi connectivity index (χ0n) is 19.6. The number of anilines is 2. The topological polar surface area (TPSA) is 56.8 Å². The fraction of sp³-hybridized carbons (Fsp3) is 0.250. The lowest BCUT2D eigenvalue weighted by Crippen LogP contribution is -2.48. The van der Waals surface area contributed by atoms with Crippen LogP contribution in [0.1, 0.15) is 23.6 Å². The first-order valence-electron chi connectivity index (χ1n) is 11.8. The summed E-state index contributed by atoms with van der Waals surface area (Å²) in [6, 6.07) is 21.4. The summed E-state index contributed by atoms with van der Waals surface area (Å²) >= 11 is 0. The van der Waals surface area contributed by atoms with Crippen molar-refractivity contribution in [3.8, 4) is 0 Å². The summed E-state index contributed by atoms with van der Waals surface area (Å²) < 4.78 is 0. The van der Waals surface area contributed by atoms with E-state index in [1.54, 1.807) is 6.20 Å². The molecule has 3 heterocycles. The van der Waals surface area contributed by atoms with E-state index < -0.39 is 0 Å². The van der Waals surface area contributed by atoms with Crippen molar-refractivity contribution in [2.75, 3.05) is 36.0 Å². The van der Waals surface area contributed by atoms with E-state index in [0.29, 0.717) is 30.0 Å². The Morgan fingerprint density at radius 3 is 2.09 bits per heavy atom. The standard InChI is InChI=1S/C28H28N4O2/c1-3-21-9-13-23(14-10-21)32-27(33)25(22-11-7-20(2)8-12-22)26(28(32)34)31-18-16-30(17-19-31)24-6-4-5-15-29-24/h4-15H,3,16-19H2,1-2H3. The largest absolute Gasteiger partial charge is 0.363 e. The summed E-state index contributed by atoms with van der Waals surface area (Å²) in [7, 11) is 0. The van der Waals surface area contributed by atoms with Crippen molar-refractivity contribution in [1.29, 1.82) is 0 Å². The Morgan fingerprint density at radius 2 is 1.47 bits per heavy atom. The van der Waals surface area contributed by atoms with Gasteiger partial charge in [0, 0.05) is 32.4 Å². The van der Waals surface area contributed by atoms with Gasteiger partial charge in [0.25, 0.3) is 11.8 Å². The molecule has 1 fully saturated rings. The van der Waals surface area contributed by atoms with Gasteiger partial charge < -0.3 is 9.80 Å². The number of benzene rings is 2. The van der Waals surface area contributed by atoms with E-state index in [9.17, 15) is 9.59 Å². The second-order valence-electron chi connectivity index (χ2n) is 8.72. The number of piperazine rings is 1. The van der Waals surface area contributed by atoms with Gasteiger partial charge in [-0.1, -0.05) is 55.0 Å². The summed E-state index contributed by atoms with van der Waals surface area (Å²) in [5.74, 6) is 0.415. The number of nitrogens with zero attached hydrogens (tertiary/aromatic N) is 4. The molecule has 6 heteroatoms. The minimum atomic E-state index is -0.264. The molecule has 1 saturated heterocycles. The number of pyridine rings is 1. The number of imide groups is 1. The second-order valence-corrected chi connectivity index (χ2v) is 8.72. The summed E-state index contributed by atoms with van der Waals surface area (Å²) in [4.78, 5) is 37.5. The van der Waals surface area contributed by atoms with E-state index in [0.717, 1.165) is 36.5 Å². The highest BCUT2D eigenvalue weighted by Gasteiger charge is 2.43. The molecule has 5 rings (SSSR count). The molecule has 0 N–H and O–H groups in total. The van der Waals surface area contributed by atoms with Crippen molar-refractivity contribution in [3.63, 3.8) is 0 Å². The van der Waals surface area contributed by atoms with Gasteiger partial charge in [0.2, 0.25) is 0 Å². The first-order chi connectivity index (χ1) is 16.6. The quantitative estimate of drug-likeness (QED) is 0.547. The third kappa shape index (κ3) is 3.96.